The second-order valence-corrected chi connectivity index (χ2v) is 4.81. The number of rotatable bonds is 9. The topological polar surface area (TPSA) is 55.1 Å². The third kappa shape index (κ3) is 6.22. The first kappa shape index (κ1) is 15.5. The van der Waals surface area contributed by atoms with Gasteiger partial charge in [-0.2, -0.15) is 0 Å². The first-order chi connectivity index (χ1) is 9.13. The highest BCUT2D eigenvalue weighted by Gasteiger charge is 2.14. The predicted octanol–water partition coefficient (Wildman–Crippen LogP) is 3.45. The van der Waals surface area contributed by atoms with Crippen LogP contribution < -0.4 is 11.1 Å². The van der Waals surface area contributed by atoms with Crippen LogP contribution in [0, 0.1) is 5.82 Å². The van der Waals surface area contributed by atoms with E-state index in [0.717, 1.165) is 24.9 Å². The van der Waals surface area contributed by atoms with Gasteiger partial charge in [0.2, 0.25) is 5.91 Å². The van der Waals surface area contributed by atoms with Crippen molar-refractivity contribution < 1.29 is 9.18 Å². The molecule has 0 radical (unpaired) electrons. The minimum atomic E-state index is -0.382. The van der Waals surface area contributed by atoms with Crippen molar-refractivity contribution in [3.63, 3.8) is 0 Å². The van der Waals surface area contributed by atoms with Crippen molar-refractivity contribution >= 4 is 11.6 Å². The van der Waals surface area contributed by atoms with Crippen LogP contribution in [0.15, 0.2) is 24.3 Å². The standard InChI is InChI=1S/C15H23FN2O/c1-2-3-4-5-6-7-14(15(17)19)18-13-10-8-12(16)9-11-13/h8-11,14,18H,2-7H2,1H3,(H2,17,19). The largest absolute Gasteiger partial charge is 0.374 e. The number of anilines is 1. The van der Waals surface area contributed by atoms with Crippen LogP contribution in [0.4, 0.5) is 10.1 Å². The van der Waals surface area contributed by atoms with Crippen molar-refractivity contribution in [3.8, 4) is 0 Å². The summed E-state index contributed by atoms with van der Waals surface area (Å²) in [6.45, 7) is 2.17. The normalized spacial score (nSPS) is 12.1. The molecule has 0 fully saturated rings. The van der Waals surface area contributed by atoms with Gasteiger partial charge >= 0.3 is 0 Å². The summed E-state index contributed by atoms with van der Waals surface area (Å²) in [4.78, 5) is 11.4. The van der Waals surface area contributed by atoms with E-state index in [0.29, 0.717) is 0 Å². The molecule has 1 aromatic rings. The molecule has 1 rings (SSSR count). The number of hydrogen-bond donors (Lipinski definition) is 2. The zero-order valence-electron chi connectivity index (χ0n) is 11.5. The number of nitrogens with two attached hydrogens (primary N) is 1. The number of carbonyl (C=O) groups excluding carboxylic acids is 1. The molecule has 0 saturated heterocycles. The number of halogens is 1. The molecular weight excluding hydrogens is 243 g/mol. The van der Waals surface area contributed by atoms with Crippen LogP contribution in [-0.4, -0.2) is 11.9 Å². The van der Waals surface area contributed by atoms with Gasteiger partial charge in [-0.15, -0.1) is 0 Å². The van der Waals surface area contributed by atoms with Gasteiger partial charge in [-0.05, 0) is 30.7 Å². The van der Waals surface area contributed by atoms with Gasteiger partial charge < -0.3 is 11.1 Å². The van der Waals surface area contributed by atoms with Crippen molar-refractivity contribution in [2.24, 2.45) is 5.73 Å². The molecule has 1 aromatic carbocycles. The summed E-state index contributed by atoms with van der Waals surface area (Å²) in [5.41, 5.74) is 6.10. The Bertz CT molecular complexity index is 378. The maximum atomic E-state index is 12.8. The van der Waals surface area contributed by atoms with Crippen LogP contribution in [0.5, 0.6) is 0 Å². The van der Waals surface area contributed by atoms with Crippen molar-refractivity contribution in [3.05, 3.63) is 30.1 Å². The maximum Gasteiger partial charge on any atom is 0.239 e. The average Bonchev–Trinajstić information content (AvgIpc) is 2.39. The average molecular weight is 266 g/mol. The Morgan fingerprint density at radius 2 is 1.84 bits per heavy atom. The Morgan fingerprint density at radius 3 is 2.42 bits per heavy atom. The summed E-state index contributed by atoms with van der Waals surface area (Å²) < 4.78 is 12.8. The zero-order valence-corrected chi connectivity index (χ0v) is 11.5. The molecular formula is C15H23FN2O. The molecule has 0 saturated carbocycles. The van der Waals surface area contributed by atoms with Gasteiger partial charge in [0.15, 0.2) is 0 Å². The molecule has 19 heavy (non-hydrogen) atoms. The van der Waals surface area contributed by atoms with Crippen LogP contribution in [0.25, 0.3) is 0 Å². The van der Waals surface area contributed by atoms with Gasteiger partial charge in [-0.3, -0.25) is 4.79 Å². The number of hydrogen-bond acceptors (Lipinski definition) is 2. The van der Waals surface area contributed by atoms with Gasteiger partial charge in [0, 0.05) is 5.69 Å². The fourth-order valence-electron chi connectivity index (χ4n) is 1.98. The molecule has 0 aliphatic heterocycles. The Balaban J connectivity index is 2.40. The van der Waals surface area contributed by atoms with Crippen molar-refractivity contribution in [2.45, 2.75) is 51.5 Å². The van der Waals surface area contributed by atoms with Gasteiger partial charge in [0.05, 0.1) is 0 Å². The third-order valence-corrected chi connectivity index (χ3v) is 3.12. The third-order valence-electron chi connectivity index (χ3n) is 3.12. The summed E-state index contributed by atoms with van der Waals surface area (Å²) in [5, 5.41) is 3.06. The van der Waals surface area contributed by atoms with E-state index in [1.165, 1.54) is 31.4 Å². The van der Waals surface area contributed by atoms with E-state index < -0.39 is 0 Å². The molecule has 0 aliphatic rings. The minimum Gasteiger partial charge on any atom is -0.374 e. The molecule has 0 aromatic heterocycles. The minimum absolute atomic E-state index is 0.291. The number of benzene rings is 1. The van der Waals surface area contributed by atoms with Gasteiger partial charge in [-0.1, -0.05) is 39.0 Å². The van der Waals surface area contributed by atoms with E-state index in [2.05, 4.69) is 12.2 Å². The summed E-state index contributed by atoms with van der Waals surface area (Å²) >= 11 is 0. The molecule has 0 bridgehead atoms. The van der Waals surface area contributed by atoms with Gasteiger partial charge in [0.1, 0.15) is 11.9 Å². The van der Waals surface area contributed by atoms with E-state index in [-0.39, 0.29) is 17.8 Å². The van der Waals surface area contributed by atoms with Crippen LogP contribution >= 0.6 is 0 Å². The van der Waals surface area contributed by atoms with Crippen LogP contribution in [0.3, 0.4) is 0 Å². The van der Waals surface area contributed by atoms with Crippen LogP contribution in [0.1, 0.15) is 45.4 Å². The van der Waals surface area contributed by atoms with Crippen molar-refractivity contribution in [1.29, 1.82) is 0 Å². The summed E-state index contributed by atoms with van der Waals surface area (Å²) in [7, 11) is 0. The smallest absolute Gasteiger partial charge is 0.239 e. The molecule has 0 spiro atoms. The van der Waals surface area contributed by atoms with Crippen LogP contribution in [0.2, 0.25) is 0 Å². The molecule has 1 unspecified atom stereocenters. The Hall–Kier alpha value is -1.58. The fourth-order valence-corrected chi connectivity index (χ4v) is 1.98. The highest BCUT2D eigenvalue weighted by Crippen LogP contribution is 2.13. The summed E-state index contributed by atoms with van der Waals surface area (Å²) in [6.07, 6.45) is 6.43. The Kier molecular flexibility index (Phi) is 6.93. The molecule has 0 heterocycles. The van der Waals surface area contributed by atoms with E-state index in [4.69, 9.17) is 5.73 Å². The van der Waals surface area contributed by atoms with Crippen molar-refractivity contribution in [1.82, 2.24) is 0 Å². The van der Waals surface area contributed by atoms with E-state index in [1.807, 2.05) is 0 Å². The highest BCUT2D eigenvalue weighted by atomic mass is 19.1. The molecule has 106 valence electrons. The van der Waals surface area contributed by atoms with E-state index >= 15 is 0 Å². The fraction of sp³-hybridized carbons (Fsp3) is 0.533. The van der Waals surface area contributed by atoms with E-state index in [9.17, 15) is 9.18 Å². The summed E-state index contributed by atoms with van der Waals surface area (Å²) in [6, 6.07) is 5.57. The monoisotopic (exact) mass is 266 g/mol. The zero-order chi connectivity index (χ0) is 14.1. The molecule has 3 N–H and O–H groups in total. The second kappa shape index (κ2) is 8.51. The lowest BCUT2D eigenvalue weighted by Crippen LogP contribution is -2.35. The molecule has 1 atom stereocenters. The highest BCUT2D eigenvalue weighted by molar-refractivity contribution is 5.82. The quantitative estimate of drug-likeness (QED) is 0.673. The second-order valence-electron chi connectivity index (χ2n) is 4.81. The van der Waals surface area contributed by atoms with Gasteiger partial charge in [-0.25, -0.2) is 4.39 Å². The number of amides is 1. The lowest BCUT2D eigenvalue weighted by molar-refractivity contribution is -0.118. The first-order valence-electron chi connectivity index (χ1n) is 6.95. The number of primary amides is 1. The maximum absolute atomic E-state index is 12.8. The van der Waals surface area contributed by atoms with Crippen LogP contribution in [-0.2, 0) is 4.79 Å². The number of nitrogens with one attached hydrogen (secondary N) is 1. The SMILES string of the molecule is CCCCCCCC(Nc1ccc(F)cc1)C(N)=O. The summed E-state index contributed by atoms with van der Waals surface area (Å²) in [5.74, 6) is -0.652. The van der Waals surface area contributed by atoms with Gasteiger partial charge in [0.25, 0.3) is 0 Å². The lowest BCUT2D eigenvalue weighted by Gasteiger charge is -2.16. The van der Waals surface area contributed by atoms with Crippen molar-refractivity contribution in [2.75, 3.05) is 5.32 Å². The molecule has 1 amide bonds. The van der Waals surface area contributed by atoms with E-state index in [1.54, 1.807) is 12.1 Å². The number of unbranched alkanes of at least 4 members (excludes halogenated alkanes) is 4. The lowest BCUT2D eigenvalue weighted by atomic mass is 10.1. The Labute approximate surface area is 114 Å². The molecule has 4 heteroatoms. The molecule has 3 nitrogen and oxygen atoms in total. The first-order valence-corrected chi connectivity index (χ1v) is 6.95. The number of carbonyl (C=O) groups is 1. The Morgan fingerprint density at radius 1 is 1.21 bits per heavy atom. The predicted molar refractivity (Wildman–Crippen MR) is 76.4 cm³/mol. The molecule has 0 aliphatic carbocycles.